The van der Waals surface area contributed by atoms with Crippen molar-refractivity contribution in [2.45, 2.75) is 18.9 Å². The van der Waals surface area contributed by atoms with Crippen LogP contribution < -0.4 is 10.2 Å². The van der Waals surface area contributed by atoms with Crippen molar-refractivity contribution in [2.24, 2.45) is 0 Å². The Hall–Kier alpha value is -2.12. The summed E-state index contributed by atoms with van der Waals surface area (Å²) >= 11 is 5.95. The fraction of sp³-hybridized carbons (Fsp3) is 0.500. The molecule has 1 aromatic heterocycles. The van der Waals surface area contributed by atoms with Gasteiger partial charge in [0.2, 0.25) is 0 Å². The lowest BCUT2D eigenvalue weighted by Gasteiger charge is -2.35. The summed E-state index contributed by atoms with van der Waals surface area (Å²) in [6.07, 6.45) is 3.86. The van der Waals surface area contributed by atoms with Crippen molar-refractivity contribution in [3.63, 3.8) is 0 Å². The molecule has 0 bridgehead atoms. The number of halogens is 1. The van der Waals surface area contributed by atoms with E-state index in [1.807, 2.05) is 40.0 Å². The Morgan fingerprint density at radius 2 is 1.77 bits per heavy atom. The van der Waals surface area contributed by atoms with E-state index in [1.165, 1.54) is 0 Å². The predicted molar refractivity (Wildman–Crippen MR) is 101 cm³/mol. The van der Waals surface area contributed by atoms with Crippen molar-refractivity contribution < 1.29 is 4.79 Å². The zero-order valence-electron chi connectivity index (χ0n) is 14.6. The summed E-state index contributed by atoms with van der Waals surface area (Å²) in [5.41, 5.74) is 1.59. The number of carbonyl (C=O) groups excluding carboxylic acids is 1. The molecule has 2 aromatic rings. The van der Waals surface area contributed by atoms with Gasteiger partial charge >= 0.3 is 0 Å². The van der Waals surface area contributed by atoms with Crippen LogP contribution in [0.15, 0.2) is 30.5 Å². The van der Waals surface area contributed by atoms with Gasteiger partial charge in [0, 0.05) is 36.9 Å². The normalized spacial score (nSPS) is 19.0. The first-order chi connectivity index (χ1) is 12.7. The molecule has 2 aliphatic rings. The lowest BCUT2D eigenvalue weighted by atomic mass is 10.1. The standard InChI is InChI=1S/C18H23ClN6O/c19-14-1-3-15(4-2-14)23-9-11-24(12-10-23)18(26)17-13-25(22-21-17)16-5-7-20-8-6-16/h1-4,13,16,20H,5-12H2. The fourth-order valence-electron chi connectivity index (χ4n) is 3.61. The number of benzene rings is 1. The maximum atomic E-state index is 12.7. The smallest absolute Gasteiger partial charge is 0.276 e. The first-order valence-corrected chi connectivity index (χ1v) is 9.51. The molecule has 1 N–H and O–H groups in total. The van der Waals surface area contributed by atoms with Crippen LogP contribution in [-0.4, -0.2) is 65.1 Å². The van der Waals surface area contributed by atoms with Gasteiger partial charge in [0.05, 0.1) is 12.2 Å². The van der Waals surface area contributed by atoms with Crippen molar-refractivity contribution in [1.29, 1.82) is 0 Å². The fourth-order valence-corrected chi connectivity index (χ4v) is 3.73. The highest BCUT2D eigenvalue weighted by atomic mass is 35.5. The molecule has 4 rings (SSSR count). The van der Waals surface area contributed by atoms with Crippen molar-refractivity contribution in [2.75, 3.05) is 44.2 Å². The third-order valence-corrected chi connectivity index (χ3v) is 5.42. The van der Waals surface area contributed by atoms with Crippen LogP contribution in [0.25, 0.3) is 0 Å². The molecule has 2 saturated heterocycles. The summed E-state index contributed by atoms with van der Waals surface area (Å²) in [7, 11) is 0. The number of nitrogens with one attached hydrogen (secondary N) is 1. The van der Waals surface area contributed by atoms with E-state index in [1.54, 1.807) is 0 Å². The van der Waals surface area contributed by atoms with Crippen molar-refractivity contribution >= 4 is 23.2 Å². The molecule has 0 unspecified atom stereocenters. The molecule has 1 aromatic carbocycles. The van der Waals surface area contributed by atoms with E-state index < -0.39 is 0 Å². The highest BCUT2D eigenvalue weighted by Crippen LogP contribution is 2.21. The first kappa shape index (κ1) is 17.3. The number of hydrogen-bond donors (Lipinski definition) is 1. The second-order valence-corrected chi connectivity index (χ2v) is 7.26. The van der Waals surface area contributed by atoms with Gasteiger partial charge < -0.3 is 15.1 Å². The molecular formula is C18H23ClN6O. The van der Waals surface area contributed by atoms with Crippen LogP contribution in [0.2, 0.25) is 5.02 Å². The van der Waals surface area contributed by atoms with E-state index >= 15 is 0 Å². The van der Waals surface area contributed by atoms with Crippen LogP contribution in [0.1, 0.15) is 29.4 Å². The van der Waals surface area contributed by atoms with Gasteiger partial charge in [0.1, 0.15) is 0 Å². The zero-order valence-corrected chi connectivity index (χ0v) is 15.4. The molecule has 7 nitrogen and oxygen atoms in total. The van der Waals surface area contributed by atoms with Gasteiger partial charge in [-0.2, -0.15) is 0 Å². The Bertz CT molecular complexity index is 747. The number of carbonyl (C=O) groups is 1. The molecule has 0 spiro atoms. The molecule has 26 heavy (non-hydrogen) atoms. The Kier molecular flexibility index (Phi) is 5.08. The number of anilines is 1. The second-order valence-electron chi connectivity index (χ2n) is 6.82. The van der Waals surface area contributed by atoms with Crippen LogP contribution in [-0.2, 0) is 0 Å². The quantitative estimate of drug-likeness (QED) is 0.887. The summed E-state index contributed by atoms with van der Waals surface area (Å²) in [5.74, 6) is -0.0269. The topological polar surface area (TPSA) is 66.3 Å². The number of piperidine rings is 1. The average Bonchev–Trinajstić information content (AvgIpc) is 3.19. The van der Waals surface area contributed by atoms with Gasteiger partial charge in [-0.05, 0) is 50.2 Å². The molecule has 0 saturated carbocycles. The Morgan fingerprint density at radius 1 is 1.08 bits per heavy atom. The number of hydrogen-bond acceptors (Lipinski definition) is 5. The van der Waals surface area contributed by atoms with E-state index in [0.29, 0.717) is 24.8 Å². The maximum absolute atomic E-state index is 12.7. The predicted octanol–water partition coefficient (Wildman–Crippen LogP) is 1.82. The third kappa shape index (κ3) is 3.68. The lowest BCUT2D eigenvalue weighted by molar-refractivity contribution is 0.0740. The Morgan fingerprint density at radius 3 is 2.46 bits per heavy atom. The first-order valence-electron chi connectivity index (χ1n) is 9.13. The number of rotatable bonds is 3. The van der Waals surface area contributed by atoms with E-state index in [-0.39, 0.29) is 5.91 Å². The molecule has 2 fully saturated rings. The maximum Gasteiger partial charge on any atom is 0.276 e. The molecule has 0 radical (unpaired) electrons. The highest BCUT2D eigenvalue weighted by Gasteiger charge is 2.25. The SMILES string of the molecule is O=C(c1cn(C2CCNCC2)nn1)N1CCN(c2ccc(Cl)cc2)CC1. The number of nitrogens with zero attached hydrogens (tertiary/aromatic N) is 5. The highest BCUT2D eigenvalue weighted by molar-refractivity contribution is 6.30. The summed E-state index contributed by atoms with van der Waals surface area (Å²) in [6.45, 7) is 4.94. The second kappa shape index (κ2) is 7.63. The van der Waals surface area contributed by atoms with Crippen molar-refractivity contribution in [3.05, 3.63) is 41.2 Å². The minimum Gasteiger partial charge on any atom is -0.368 e. The van der Waals surface area contributed by atoms with Crippen LogP contribution in [0, 0.1) is 0 Å². The Balaban J connectivity index is 1.36. The number of piperazine rings is 1. The third-order valence-electron chi connectivity index (χ3n) is 5.17. The van der Waals surface area contributed by atoms with E-state index in [9.17, 15) is 4.79 Å². The minimum atomic E-state index is -0.0269. The van der Waals surface area contributed by atoms with Crippen molar-refractivity contribution in [3.8, 4) is 0 Å². The Labute approximate surface area is 157 Å². The van der Waals surface area contributed by atoms with E-state index in [4.69, 9.17) is 11.6 Å². The van der Waals surface area contributed by atoms with Crippen LogP contribution in [0.5, 0.6) is 0 Å². The number of amides is 1. The molecule has 1 amide bonds. The number of aromatic nitrogens is 3. The van der Waals surface area contributed by atoms with Crippen LogP contribution in [0.4, 0.5) is 5.69 Å². The molecule has 3 heterocycles. The van der Waals surface area contributed by atoms with Gasteiger partial charge in [-0.25, -0.2) is 4.68 Å². The zero-order chi connectivity index (χ0) is 17.9. The molecule has 8 heteroatoms. The molecule has 0 atom stereocenters. The lowest BCUT2D eigenvalue weighted by Crippen LogP contribution is -2.48. The van der Waals surface area contributed by atoms with E-state index in [2.05, 4.69) is 20.5 Å². The molecule has 2 aliphatic heterocycles. The van der Waals surface area contributed by atoms with Gasteiger partial charge in [-0.3, -0.25) is 4.79 Å². The van der Waals surface area contributed by atoms with Crippen LogP contribution in [0.3, 0.4) is 0 Å². The minimum absolute atomic E-state index is 0.0269. The monoisotopic (exact) mass is 374 g/mol. The molecular weight excluding hydrogens is 352 g/mol. The molecule has 0 aliphatic carbocycles. The van der Waals surface area contributed by atoms with Gasteiger partial charge in [0.25, 0.3) is 5.91 Å². The largest absolute Gasteiger partial charge is 0.368 e. The van der Waals surface area contributed by atoms with Gasteiger partial charge in [-0.15, -0.1) is 5.10 Å². The summed E-state index contributed by atoms with van der Waals surface area (Å²) in [4.78, 5) is 16.9. The summed E-state index contributed by atoms with van der Waals surface area (Å²) in [6, 6.07) is 8.17. The average molecular weight is 375 g/mol. The summed E-state index contributed by atoms with van der Waals surface area (Å²) < 4.78 is 1.86. The van der Waals surface area contributed by atoms with Crippen LogP contribution >= 0.6 is 11.6 Å². The van der Waals surface area contributed by atoms with Gasteiger partial charge in [-0.1, -0.05) is 16.8 Å². The summed E-state index contributed by atoms with van der Waals surface area (Å²) in [5, 5.41) is 12.4. The van der Waals surface area contributed by atoms with Gasteiger partial charge in [0.15, 0.2) is 5.69 Å². The molecule has 138 valence electrons. The van der Waals surface area contributed by atoms with Crippen molar-refractivity contribution in [1.82, 2.24) is 25.2 Å². The van der Waals surface area contributed by atoms with E-state index in [0.717, 1.165) is 49.7 Å².